The van der Waals surface area contributed by atoms with Crippen LogP contribution in [0.25, 0.3) is 0 Å². The minimum Gasteiger partial charge on any atom is -0.395 e. The summed E-state index contributed by atoms with van der Waals surface area (Å²) in [6.07, 6.45) is 3.40. The second kappa shape index (κ2) is 7.30. The van der Waals surface area contributed by atoms with E-state index in [2.05, 4.69) is 31.2 Å². The van der Waals surface area contributed by atoms with E-state index in [1.807, 2.05) is 11.9 Å². The van der Waals surface area contributed by atoms with Gasteiger partial charge in [-0.1, -0.05) is 31.9 Å². The zero-order chi connectivity index (χ0) is 12.7. The summed E-state index contributed by atoms with van der Waals surface area (Å²) < 4.78 is 0. The molecule has 1 rings (SSSR count). The molecule has 0 amide bonds. The molecule has 1 aromatic rings. The lowest BCUT2D eigenvalue weighted by Crippen LogP contribution is -2.21. The van der Waals surface area contributed by atoms with Gasteiger partial charge in [0.25, 0.3) is 0 Å². The van der Waals surface area contributed by atoms with E-state index in [-0.39, 0.29) is 12.6 Å². The highest BCUT2D eigenvalue weighted by atomic mass is 16.3. The van der Waals surface area contributed by atoms with Gasteiger partial charge in [-0.3, -0.25) is 0 Å². The summed E-state index contributed by atoms with van der Waals surface area (Å²) in [7, 11) is 1.97. The average molecular weight is 236 g/mol. The Bertz CT molecular complexity index is 311. The molecule has 0 aliphatic heterocycles. The number of hydrogen-bond acceptors (Lipinski definition) is 3. The van der Waals surface area contributed by atoms with Crippen LogP contribution in [-0.2, 0) is 0 Å². The molecule has 0 aliphatic rings. The number of hydrogen-bond donors (Lipinski definition) is 2. The van der Waals surface area contributed by atoms with Crippen molar-refractivity contribution in [2.24, 2.45) is 5.73 Å². The molecule has 0 spiro atoms. The minimum absolute atomic E-state index is 0.146. The monoisotopic (exact) mass is 236 g/mol. The molecule has 1 aromatic carbocycles. The van der Waals surface area contributed by atoms with Gasteiger partial charge < -0.3 is 15.7 Å². The highest BCUT2D eigenvalue weighted by Crippen LogP contribution is 2.20. The van der Waals surface area contributed by atoms with Crippen molar-refractivity contribution >= 4 is 5.69 Å². The van der Waals surface area contributed by atoms with Crippen LogP contribution in [0.2, 0.25) is 0 Å². The van der Waals surface area contributed by atoms with E-state index in [0.29, 0.717) is 6.54 Å². The van der Waals surface area contributed by atoms with Crippen LogP contribution in [0.3, 0.4) is 0 Å². The van der Waals surface area contributed by atoms with E-state index < -0.39 is 0 Å². The molecular formula is C14H24N2O. The fraction of sp³-hybridized carbons (Fsp3) is 0.571. The van der Waals surface area contributed by atoms with Crippen LogP contribution in [0, 0.1) is 0 Å². The summed E-state index contributed by atoms with van der Waals surface area (Å²) in [5, 5.41) is 8.88. The summed E-state index contributed by atoms with van der Waals surface area (Å²) in [4.78, 5) is 2.03. The van der Waals surface area contributed by atoms with Crippen LogP contribution in [0.4, 0.5) is 5.69 Å². The van der Waals surface area contributed by atoms with Gasteiger partial charge >= 0.3 is 0 Å². The molecule has 0 saturated heterocycles. The van der Waals surface area contributed by atoms with Crippen molar-refractivity contribution in [3.8, 4) is 0 Å². The molecular weight excluding hydrogens is 212 g/mol. The standard InChI is InChI=1S/C14H24N2O/c1-3-4-5-14(15)12-6-8-13(9-7-12)16(2)10-11-17/h6-9,14,17H,3-5,10-11,15H2,1-2H3/t14-/m1/s1. The first-order valence-electron chi connectivity index (χ1n) is 6.36. The Labute approximate surface area is 104 Å². The quantitative estimate of drug-likeness (QED) is 0.763. The third-order valence-corrected chi connectivity index (χ3v) is 3.07. The predicted molar refractivity (Wildman–Crippen MR) is 73.3 cm³/mol. The molecule has 17 heavy (non-hydrogen) atoms. The van der Waals surface area contributed by atoms with Gasteiger partial charge in [0.05, 0.1) is 6.61 Å². The maximum absolute atomic E-state index is 8.88. The fourth-order valence-corrected chi connectivity index (χ4v) is 1.85. The Morgan fingerprint density at radius 3 is 2.47 bits per heavy atom. The Balaban J connectivity index is 2.60. The number of aliphatic hydroxyl groups is 1. The molecule has 1 atom stereocenters. The van der Waals surface area contributed by atoms with E-state index in [1.165, 1.54) is 18.4 Å². The molecule has 0 unspecified atom stereocenters. The van der Waals surface area contributed by atoms with Crippen molar-refractivity contribution in [3.63, 3.8) is 0 Å². The van der Waals surface area contributed by atoms with Crippen molar-refractivity contribution in [1.82, 2.24) is 0 Å². The number of unbranched alkanes of at least 4 members (excludes halogenated alkanes) is 1. The highest BCUT2D eigenvalue weighted by molar-refractivity contribution is 5.47. The summed E-state index contributed by atoms with van der Waals surface area (Å²) in [6.45, 7) is 3.01. The highest BCUT2D eigenvalue weighted by Gasteiger charge is 2.06. The van der Waals surface area contributed by atoms with Crippen molar-refractivity contribution in [3.05, 3.63) is 29.8 Å². The van der Waals surface area contributed by atoms with Crippen molar-refractivity contribution in [1.29, 1.82) is 0 Å². The summed E-state index contributed by atoms with van der Waals surface area (Å²) in [6, 6.07) is 8.45. The van der Waals surface area contributed by atoms with Crippen molar-refractivity contribution in [2.45, 2.75) is 32.2 Å². The third kappa shape index (κ3) is 4.36. The second-order valence-corrected chi connectivity index (χ2v) is 4.49. The SMILES string of the molecule is CCCC[C@@H](N)c1ccc(N(C)CCO)cc1. The molecule has 0 heterocycles. The van der Waals surface area contributed by atoms with Gasteiger partial charge in [0.15, 0.2) is 0 Å². The van der Waals surface area contributed by atoms with E-state index >= 15 is 0 Å². The van der Waals surface area contributed by atoms with Crippen LogP contribution >= 0.6 is 0 Å². The number of anilines is 1. The predicted octanol–water partition coefficient (Wildman–Crippen LogP) is 2.31. The molecule has 0 fully saturated rings. The maximum atomic E-state index is 8.88. The number of aliphatic hydroxyl groups excluding tert-OH is 1. The van der Waals surface area contributed by atoms with Gasteiger partial charge in [0.2, 0.25) is 0 Å². The van der Waals surface area contributed by atoms with Crippen LogP contribution in [-0.4, -0.2) is 25.3 Å². The Morgan fingerprint density at radius 2 is 1.94 bits per heavy atom. The molecule has 0 saturated carbocycles. The molecule has 0 bridgehead atoms. The third-order valence-electron chi connectivity index (χ3n) is 3.07. The van der Waals surface area contributed by atoms with E-state index in [0.717, 1.165) is 12.1 Å². The van der Waals surface area contributed by atoms with Crippen molar-refractivity contribution < 1.29 is 5.11 Å². The molecule has 0 aliphatic carbocycles. The zero-order valence-electron chi connectivity index (χ0n) is 10.9. The van der Waals surface area contributed by atoms with Crippen LogP contribution < -0.4 is 10.6 Å². The molecule has 0 aromatic heterocycles. The van der Waals surface area contributed by atoms with Crippen LogP contribution in [0.5, 0.6) is 0 Å². The van der Waals surface area contributed by atoms with Gasteiger partial charge in [-0.15, -0.1) is 0 Å². The number of benzene rings is 1. The molecule has 3 nitrogen and oxygen atoms in total. The van der Waals surface area contributed by atoms with Crippen molar-refractivity contribution in [2.75, 3.05) is 25.1 Å². The number of likely N-dealkylation sites (N-methyl/N-ethyl adjacent to an activating group) is 1. The molecule has 3 heteroatoms. The average Bonchev–Trinajstić information content (AvgIpc) is 2.36. The number of rotatable bonds is 7. The van der Waals surface area contributed by atoms with Crippen LogP contribution in [0.15, 0.2) is 24.3 Å². The number of nitrogens with two attached hydrogens (primary N) is 1. The largest absolute Gasteiger partial charge is 0.395 e. The van der Waals surface area contributed by atoms with Gasteiger partial charge in [-0.05, 0) is 24.1 Å². The Morgan fingerprint density at radius 1 is 1.29 bits per heavy atom. The summed E-state index contributed by atoms with van der Waals surface area (Å²) >= 11 is 0. The summed E-state index contributed by atoms with van der Waals surface area (Å²) in [5.74, 6) is 0. The summed E-state index contributed by atoms with van der Waals surface area (Å²) in [5.41, 5.74) is 8.42. The van der Waals surface area contributed by atoms with Gasteiger partial charge in [0, 0.05) is 25.3 Å². The fourth-order valence-electron chi connectivity index (χ4n) is 1.85. The lowest BCUT2D eigenvalue weighted by molar-refractivity contribution is 0.304. The van der Waals surface area contributed by atoms with Gasteiger partial charge in [-0.2, -0.15) is 0 Å². The minimum atomic E-state index is 0.146. The first-order chi connectivity index (χ1) is 8.19. The zero-order valence-corrected chi connectivity index (χ0v) is 10.9. The topological polar surface area (TPSA) is 49.5 Å². The van der Waals surface area contributed by atoms with E-state index in [1.54, 1.807) is 0 Å². The van der Waals surface area contributed by atoms with E-state index in [4.69, 9.17) is 10.8 Å². The Kier molecular flexibility index (Phi) is 6.01. The Hall–Kier alpha value is -1.06. The normalized spacial score (nSPS) is 12.5. The smallest absolute Gasteiger partial charge is 0.0606 e. The van der Waals surface area contributed by atoms with Gasteiger partial charge in [-0.25, -0.2) is 0 Å². The molecule has 3 N–H and O–H groups in total. The van der Waals surface area contributed by atoms with Gasteiger partial charge in [0.1, 0.15) is 0 Å². The maximum Gasteiger partial charge on any atom is 0.0606 e. The molecule has 96 valence electrons. The lowest BCUT2D eigenvalue weighted by atomic mass is 10.0. The second-order valence-electron chi connectivity index (χ2n) is 4.49. The van der Waals surface area contributed by atoms with Crippen LogP contribution in [0.1, 0.15) is 37.8 Å². The van der Waals surface area contributed by atoms with E-state index in [9.17, 15) is 0 Å². The molecule has 0 radical (unpaired) electrons. The first kappa shape index (κ1) is 14.0. The first-order valence-corrected chi connectivity index (χ1v) is 6.36. The number of nitrogens with zero attached hydrogens (tertiary/aromatic N) is 1. The lowest BCUT2D eigenvalue weighted by Gasteiger charge is -2.19.